The van der Waals surface area contributed by atoms with Crippen LogP contribution < -0.4 is 5.32 Å². The third-order valence-electron chi connectivity index (χ3n) is 3.47. The number of nitrogens with zero attached hydrogens (tertiary/aromatic N) is 2. The summed E-state index contributed by atoms with van der Waals surface area (Å²) in [5, 5.41) is 11.7. The maximum absolute atomic E-state index is 12.4. The highest BCUT2D eigenvalue weighted by Crippen LogP contribution is 2.22. The lowest BCUT2D eigenvalue weighted by atomic mass is 10.1. The molecule has 0 radical (unpaired) electrons. The molecule has 0 aliphatic heterocycles. The summed E-state index contributed by atoms with van der Waals surface area (Å²) in [6.45, 7) is 0.190. The van der Waals surface area contributed by atoms with Gasteiger partial charge in [0.2, 0.25) is 10.0 Å². The lowest BCUT2D eigenvalue weighted by Gasteiger charge is -2.13. The molecule has 0 spiro atoms. The van der Waals surface area contributed by atoms with Crippen molar-refractivity contribution in [3.8, 4) is 6.07 Å². The van der Waals surface area contributed by atoms with Crippen molar-refractivity contribution in [2.24, 2.45) is 0 Å². The maximum Gasteiger partial charge on any atom is 0.253 e. The first-order valence-corrected chi connectivity index (χ1v) is 9.07. The molecule has 0 aliphatic rings. The molecule has 1 amide bonds. The molecular weight excluding hydrogens is 362 g/mol. The molecule has 6 nitrogen and oxygen atoms in total. The zero-order valence-electron chi connectivity index (χ0n) is 13.7. The van der Waals surface area contributed by atoms with Crippen LogP contribution in [-0.4, -0.2) is 32.7 Å². The summed E-state index contributed by atoms with van der Waals surface area (Å²) in [7, 11) is -0.850. The van der Waals surface area contributed by atoms with Crippen LogP contribution >= 0.6 is 11.6 Å². The monoisotopic (exact) mass is 377 g/mol. The number of hydrogen-bond acceptors (Lipinski definition) is 4. The van der Waals surface area contributed by atoms with E-state index in [4.69, 9.17) is 16.9 Å². The summed E-state index contributed by atoms with van der Waals surface area (Å²) in [6, 6.07) is 12.8. The van der Waals surface area contributed by atoms with Crippen LogP contribution in [0, 0.1) is 11.3 Å². The fourth-order valence-electron chi connectivity index (χ4n) is 2.08. The van der Waals surface area contributed by atoms with Crippen molar-refractivity contribution >= 4 is 27.5 Å². The largest absolute Gasteiger partial charge is 0.348 e. The molecule has 0 saturated carbocycles. The molecule has 0 bridgehead atoms. The van der Waals surface area contributed by atoms with Crippen molar-refractivity contribution in [1.29, 1.82) is 5.26 Å². The number of sulfonamides is 1. The number of carbonyl (C=O) groups is 1. The van der Waals surface area contributed by atoms with E-state index in [1.807, 2.05) is 6.07 Å². The molecule has 0 saturated heterocycles. The average Bonchev–Trinajstić information content (AvgIpc) is 2.59. The van der Waals surface area contributed by atoms with Crippen LogP contribution in [0.1, 0.15) is 21.5 Å². The zero-order valence-corrected chi connectivity index (χ0v) is 15.2. The number of nitriles is 1. The summed E-state index contributed by atoms with van der Waals surface area (Å²) >= 11 is 6.04. The van der Waals surface area contributed by atoms with Gasteiger partial charge < -0.3 is 5.32 Å². The van der Waals surface area contributed by atoms with Crippen LogP contribution in [0.25, 0.3) is 0 Å². The second-order valence-electron chi connectivity index (χ2n) is 5.42. The minimum atomic E-state index is -3.67. The van der Waals surface area contributed by atoms with Gasteiger partial charge in [0, 0.05) is 20.6 Å². The lowest BCUT2D eigenvalue weighted by molar-refractivity contribution is 0.0951. The van der Waals surface area contributed by atoms with E-state index < -0.39 is 15.9 Å². The first kappa shape index (κ1) is 18.9. The van der Waals surface area contributed by atoms with E-state index in [1.54, 1.807) is 24.3 Å². The first-order chi connectivity index (χ1) is 11.8. The van der Waals surface area contributed by atoms with Gasteiger partial charge >= 0.3 is 0 Å². The number of rotatable bonds is 5. The summed E-state index contributed by atoms with van der Waals surface area (Å²) in [5.74, 6) is -0.497. The second kappa shape index (κ2) is 7.66. The van der Waals surface area contributed by atoms with Gasteiger partial charge in [0.1, 0.15) is 0 Å². The van der Waals surface area contributed by atoms with Crippen molar-refractivity contribution in [1.82, 2.24) is 9.62 Å². The predicted octanol–water partition coefficient (Wildman–Crippen LogP) is 2.39. The van der Waals surface area contributed by atoms with E-state index >= 15 is 0 Å². The highest BCUT2D eigenvalue weighted by molar-refractivity contribution is 7.89. The first-order valence-electron chi connectivity index (χ1n) is 7.25. The number of nitrogens with one attached hydrogen (secondary N) is 1. The third kappa shape index (κ3) is 4.37. The highest BCUT2D eigenvalue weighted by atomic mass is 35.5. The molecule has 0 aliphatic carbocycles. The Morgan fingerprint density at radius 3 is 2.60 bits per heavy atom. The van der Waals surface area contributed by atoms with E-state index in [1.165, 1.54) is 32.3 Å². The topological polar surface area (TPSA) is 90.3 Å². The Hall–Kier alpha value is -2.40. The van der Waals surface area contributed by atoms with E-state index in [-0.39, 0.29) is 22.0 Å². The van der Waals surface area contributed by atoms with Crippen molar-refractivity contribution in [3.05, 3.63) is 64.2 Å². The number of amides is 1. The summed E-state index contributed by atoms with van der Waals surface area (Å²) < 4.78 is 25.4. The number of benzene rings is 2. The van der Waals surface area contributed by atoms with Crippen molar-refractivity contribution in [2.75, 3.05) is 14.1 Å². The van der Waals surface area contributed by atoms with E-state index in [0.29, 0.717) is 5.56 Å². The summed E-state index contributed by atoms with van der Waals surface area (Å²) in [4.78, 5) is 12.4. The third-order valence-corrected chi connectivity index (χ3v) is 5.61. The molecular formula is C17H16ClN3O3S. The molecule has 2 rings (SSSR count). The quantitative estimate of drug-likeness (QED) is 0.866. The Morgan fingerprint density at radius 2 is 1.96 bits per heavy atom. The molecule has 0 aromatic heterocycles. The molecule has 8 heteroatoms. The highest BCUT2D eigenvalue weighted by Gasteiger charge is 2.20. The molecule has 2 aromatic carbocycles. The number of halogens is 1. The van der Waals surface area contributed by atoms with Crippen LogP contribution in [0.15, 0.2) is 47.4 Å². The van der Waals surface area contributed by atoms with Gasteiger partial charge in [-0.05, 0) is 35.9 Å². The Morgan fingerprint density at radius 1 is 1.24 bits per heavy atom. The van der Waals surface area contributed by atoms with Crippen LogP contribution in [0.5, 0.6) is 0 Å². The summed E-state index contributed by atoms with van der Waals surface area (Å²) in [5.41, 5.74) is 1.31. The maximum atomic E-state index is 12.4. The van der Waals surface area contributed by atoms with Gasteiger partial charge in [-0.3, -0.25) is 4.79 Å². The number of carbonyl (C=O) groups excluding carboxylic acids is 1. The Balaban J connectivity index is 2.23. The fourth-order valence-corrected chi connectivity index (χ4v) is 3.21. The van der Waals surface area contributed by atoms with Gasteiger partial charge in [0.05, 0.1) is 27.1 Å². The second-order valence-corrected chi connectivity index (χ2v) is 7.98. The van der Waals surface area contributed by atoms with E-state index in [0.717, 1.165) is 9.87 Å². The molecule has 0 unspecified atom stereocenters. The van der Waals surface area contributed by atoms with Gasteiger partial charge in [0.25, 0.3) is 5.91 Å². The van der Waals surface area contributed by atoms with Gasteiger partial charge in [-0.2, -0.15) is 5.26 Å². The fraction of sp³-hybridized carbons (Fsp3) is 0.176. The van der Waals surface area contributed by atoms with Crippen molar-refractivity contribution in [2.45, 2.75) is 11.4 Å². The molecule has 0 heterocycles. The smallest absolute Gasteiger partial charge is 0.253 e. The molecule has 0 fully saturated rings. The van der Waals surface area contributed by atoms with Crippen LogP contribution in [-0.2, 0) is 16.6 Å². The van der Waals surface area contributed by atoms with E-state index in [9.17, 15) is 13.2 Å². The Labute approximate surface area is 151 Å². The minimum absolute atomic E-state index is 0.0153. The average molecular weight is 378 g/mol. The van der Waals surface area contributed by atoms with Gasteiger partial charge in [0.15, 0.2) is 0 Å². The Bertz CT molecular complexity index is 950. The van der Waals surface area contributed by atoms with Crippen molar-refractivity contribution < 1.29 is 13.2 Å². The normalized spacial score (nSPS) is 11.2. The standard InChI is InChI=1S/C17H16ClN3O3S/c1-21(2)25(23,24)14-6-7-16(18)15(9-14)17(22)20-11-13-5-3-4-12(8-13)10-19/h3-9H,11H2,1-2H3,(H,20,22). The SMILES string of the molecule is CN(C)S(=O)(=O)c1ccc(Cl)c(C(=O)NCc2cccc(C#N)c2)c1. The molecule has 0 atom stereocenters. The predicted molar refractivity (Wildman–Crippen MR) is 94.7 cm³/mol. The van der Waals surface area contributed by atoms with Crippen LogP contribution in [0.4, 0.5) is 0 Å². The van der Waals surface area contributed by atoms with Gasteiger partial charge in [-0.1, -0.05) is 23.7 Å². The van der Waals surface area contributed by atoms with Gasteiger partial charge in [-0.15, -0.1) is 0 Å². The molecule has 25 heavy (non-hydrogen) atoms. The van der Waals surface area contributed by atoms with Crippen LogP contribution in [0.3, 0.4) is 0 Å². The zero-order chi connectivity index (χ0) is 18.6. The molecule has 130 valence electrons. The minimum Gasteiger partial charge on any atom is -0.348 e. The number of hydrogen-bond donors (Lipinski definition) is 1. The lowest BCUT2D eigenvalue weighted by Crippen LogP contribution is -2.25. The van der Waals surface area contributed by atoms with Gasteiger partial charge in [-0.25, -0.2) is 12.7 Å². The molecule has 1 N–H and O–H groups in total. The Kier molecular flexibility index (Phi) is 5.80. The summed E-state index contributed by atoms with van der Waals surface area (Å²) in [6.07, 6.45) is 0. The van der Waals surface area contributed by atoms with E-state index in [2.05, 4.69) is 5.32 Å². The molecule has 2 aromatic rings. The van der Waals surface area contributed by atoms with Crippen molar-refractivity contribution in [3.63, 3.8) is 0 Å². The van der Waals surface area contributed by atoms with Crippen LogP contribution in [0.2, 0.25) is 5.02 Å².